The molecule has 0 aliphatic carbocycles. The molecule has 0 saturated carbocycles. The third-order valence-corrected chi connectivity index (χ3v) is 6.14. The number of methoxy groups -OCH3 is 1. The van der Waals surface area contributed by atoms with Crippen LogP contribution in [0.15, 0.2) is 0 Å². The maximum Gasteiger partial charge on any atom is 0.410 e. The number of hydrogen-bond acceptors (Lipinski definition) is 8. The lowest BCUT2D eigenvalue weighted by molar-refractivity contribution is -0.141. The number of piperazine rings is 2. The van der Waals surface area contributed by atoms with Gasteiger partial charge in [-0.3, -0.25) is 20.0 Å². The number of nitrogens with two attached hydrogens (primary N) is 1. The first-order chi connectivity index (χ1) is 14.4. The van der Waals surface area contributed by atoms with Crippen molar-refractivity contribution in [3.63, 3.8) is 0 Å². The van der Waals surface area contributed by atoms with Crippen LogP contribution in [0.5, 0.6) is 0 Å². The average Bonchev–Trinajstić information content (AvgIpc) is 3.10. The van der Waals surface area contributed by atoms with Crippen LogP contribution in [0.3, 0.4) is 0 Å². The summed E-state index contributed by atoms with van der Waals surface area (Å²) in [5, 5.41) is 7.49. The maximum absolute atomic E-state index is 12.2. The smallest absolute Gasteiger partial charge is 0.410 e. The molecule has 3 rings (SSSR count). The van der Waals surface area contributed by atoms with Crippen LogP contribution in [0.2, 0.25) is 0 Å². The van der Waals surface area contributed by atoms with Gasteiger partial charge >= 0.3 is 12.1 Å². The van der Waals surface area contributed by atoms with E-state index in [1.54, 1.807) is 4.90 Å². The molecule has 3 aliphatic rings. The first kappa shape index (κ1) is 22.6. The van der Waals surface area contributed by atoms with Crippen molar-refractivity contribution in [2.24, 2.45) is 5.73 Å². The lowest BCUT2D eigenvalue weighted by atomic mass is 10.2. The Morgan fingerprint density at radius 1 is 1.03 bits per heavy atom. The Morgan fingerprint density at radius 3 is 2.27 bits per heavy atom. The number of rotatable bonds is 8. The Labute approximate surface area is 178 Å². The zero-order valence-electron chi connectivity index (χ0n) is 17.9. The number of carbonyl (C=O) groups excluding carboxylic acids is 2. The van der Waals surface area contributed by atoms with Gasteiger partial charge < -0.3 is 29.9 Å². The number of ether oxygens (including phenoxy) is 2. The molecule has 11 heteroatoms. The van der Waals surface area contributed by atoms with Crippen molar-refractivity contribution in [2.45, 2.75) is 12.5 Å². The summed E-state index contributed by atoms with van der Waals surface area (Å²) in [5.74, 6) is -0.0407. The summed E-state index contributed by atoms with van der Waals surface area (Å²) in [7, 11) is 1.42. The molecule has 3 saturated heterocycles. The highest BCUT2D eigenvalue weighted by Crippen LogP contribution is 2.14. The average molecular weight is 426 g/mol. The molecular formula is C19H35N7O4. The minimum atomic E-state index is -0.223. The van der Waals surface area contributed by atoms with E-state index >= 15 is 0 Å². The third kappa shape index (κ3) is 6.44. The molecule has 0 radical (unpaired) electrons. The second-order valence-electron chi connectivity index (χ2n) is 8.13. The lowest BCUT2D eigenvalue weighted by Gasteiger charge is -2.35. The Balaban J connectivity index is 1.31. The first-order valence-electron chi connectivity index (χ1n) is 10.7. The summed E-state index contributed by atoms with van der Waals surface area (Å²) >= 11 is 0. The number of hydrogen-bond donors (Lipinski definition) is 2. The van der Waals surface area contributed by atoms with E-state index < -0.39 is 0 Å². The standard InChI is InChI=1S/C19H35N7O4/c1-29-17(27)2-3-22-4-6-24(7-5-22)14-16-15-26(19(28)30-16)13-10-23-8-11-25(12-9-23)18(20)21/h16H,2-15H2,1H3,(H3,20,21). The molecule has 3 N–H and O–H groups in total. The monoisotopic (exact) mass is 425 g/mol. The summed E-state index contributed by atoms with van der Waals surface area (Å²) in [6.07, 6.45) is 0.114. The molecule has 0 spiro atoms. The molecule has 1 amide bonds. The highest BCUT2D eigenvalue weighted by atomic mass is 16.6. The molecule has 1 unspecified atom stereocenters. The van der Waals surface area contributed by atoms with Crippen LogP contribution in [0.4, 0.5) is 4.79 Å². The summed E-state index contributed by atoms with van der Waals surface area (Å²) in [4.78, 5) is 34.1. The van der Waals surface area contributed by atoms with E-state index in [0.29, 0.717) is 19.5 Å². The molecule has 30 heavy (non-hydrogen) atoms. The number of nitrogens with one attached hydrogen (secondary N) is 1. The molecule has 11 nitrogen and oxygen atoms in total. The number of guanidine groups is 1. The number of amides is 1. The quantitative estimate of drug-likeness (QED) is 0.272. The van der Waals surface area contributed by atoms with Gasteiger partial charge in [0.25, 0.3) is 0 Å². The number of carbonyl (C=O) groups is 2. The van der Waals surface area contributed by atoms with Crippen LogP contribution in [0, 0.1) is 5.41 Å². The van der Waals surface area contributed by atoms with Gasteiger partial charge in [0.15, 0.2) is 5.96 Å². The van der Waals surface area contributed by atoms with Crippen molar-refractivity contribution in [1.82, 2.24) is 24.5 Å². The van der Waals surface area contributed by atoms with Crippen LogP contribution in [-0.4, -0.2) is 141 Å². The SMILES string of the molecule is COC(=O)CCN1CCN(CC2CN(CCN3CCN(C(=N)N)CC3)C(=O)O2)CC1. The van der Waals surface area contributed by atoms with Gasteiger partial charge in [-0.15, -0.1) is 0 Å². The van der Waals surface area contributed by atoms with E-state index in [4.69, 9.17) is 20.6 Å². The fourth-order valence-electron chi connectivity index (χ4n) is 4.16. The predicted octanol–water partition coefficient (Wildman–Crippen LogP) is -1.50. The van der Waals surface area contributed by atoms with Gasteiger partial charge in [0, 0.05) is 78.5 Å². The molecule has 1 atom stereocenters. The molecule has 3 heterocycles. The van der Waals surface area contributed by atoms with Crippen LogP contribution >= 0.6 is 0 Å². The predicted molar refractivity (Wildman–Crippen MR) is 111 cm³/mol. The van der Waals surface area contributed by atoms with Crippen molar-refractivity contribution >= 4 is 18.0 Å². The third-order valence-electron chi connectivity index (χ3n) is 6.14. The topological polar surface area (TPSA) is 119 Å². The normalized spacial score (nSPS) is 24.2. The van der Waals surface area contributed by atoms with Crippen molar-refractivity contribution in [3.8, 4) is 0 Å². The van der Waals surface area contributed by atoms with Crippen LogP contribution in [0.25, 0.3) is 0 Å². The minimum Gasteiger partial charge on any atom is -0.469 e. The van der Waals surface area contributed by atoms with Crippen molar-refractivity contribution in [3.05, 3.63) is 0 Å². The van der Waals surface area contributed by atoms with E-state index in [2.05, 4.69) is 14.7 Å². The number of esters is 1. The molecule has 0 aromatic rings. The van der Waals surface area contributed by atoms with E-state index in [1.165, 1.54) is 7.11 Å². The first-order valence-corrected chi connectivity index (χ1v) is 10.7. The van der Waals surface area contributed by atoms with Crippen molar-refractivity contribution in [2.75, 3.05) is 92.2 Å². The molecule has 0 aromatic heterocycles. The van der Waals surface area contributed by atoms with Gasteiger partial charge in [0.05, 0.1) is 20.1 Å². The summed E-state index contributed by atoms with van der Waals surface area (Å²) < 4.78 is 10.3. The Hall–Kier alpha value is -2.11. The van der Waals surface area contributed by atoms with Crippen LogP contribution < -0.4 is 5.73 Å². The van der Waals surface area contributed by atoms with Crippen LogP contribution in [-0.2, 0) is 14.3 Å². The maximum atomic E-state index is 12.2. The van der Waals surface area contributed by atoms with E-state index in [9.17, 15) is 9.59 Å². The fraction of sp³-hybridized carbons (Fsp3) is 0.842. The zero-order chi connectivity index (χ0) is 21.5. The largest absolute Gasteiger partial charge is 0.469 e. The van der Waals surface area contributed by atoms with Gasteiger partial charge in [-0.25, -0.2) is 4.79 Å². The van der Waals surface area contributed by atoms with E-state index in [1.807, 2.05) is 4.90 Å². The fourth-order valence-corrected chi connectivity index (χ4v) is 4.16. The minimum absolute atomic E-state index is 0.0892. The Morgan fingerprint density at radius 2 is 1.63 bits per heavy atom. The highest BCUT2D eigenvalue weighted by molar-refractivity contribution is 5.74. The van der Waals surface area contributed by atoms with E-state index in [0.717, 1.165) is 72.0 Å². The highest BCUT2D eigenvalue weighted by Gasteiger charge is 2.33. The number of nitrogens with zero attached hydrogens (tertiary/aromatic N) is 5. The molecular weight excluding hydrogens is 390 g/mol. The van der Waals surface area contributed by atoms with Gasteiger partial charge in [-0.05, 0) is 0 Å². The number of cyclic esters (lactones) is 1. The summed E-state index contributed by atoms with van der Waals surface area (Å²) in [6, 6.07) is 0. The Bertz CT molecular complexity index is 604. The molecule has 3 aliphatic heterocycles. The molecule has 0 aromatic carbocycles. The van der Waals surface area contributed by atoms with Crippen LogP contribution in [0.1, 0.15) is 6.42 Å². The van der Waals surface area contributed by atoms with Gasteiger partial charge in [0.2, 0.25) is 0 Å². The summed E-state index contributed by atoms with van der Waals surface area (Å²) in [5.41, 5.74) is 5.53. The van der Waals surface area contributed by atoms with Crippen molar-refractivity contribution < 1.29 is 19.1 Å². The van der Waals surface area contributed by atoms with Gasteiger partial charge in [-0.2, -0.15) is 0 Å². The molecule has 0 bridgehead atoms. The second kappa shape index (κ2) is 10.8. The molecule has 3 fully saturated rings. The summed E-state index contributed by atoms with van der Waals surface area (Å²) in [6.45, 7) is 10.5. The zero-order valence-corrected chi connectivity index (χ0v) is 17.9. The second-order valence-corrected chi connectivity index (χ2v) is 8.13. The van der Waals surface area contributed by atoms with E-state index in [-0.39, 0.29) is 24.1 Å². The van der Waals surface area contributed by atoms with Gasteiger partial charge in [-0.1, -0.05) is 0 Å². The lowest BCUT2D eigenvalue weighted by Crippen LogP contribution is -2.52. The Kier molecular flexibility index (Phi) is 8.11. The van der Waals surface area contributed by atoms with Gasteiger partial charge in [0.1, 0.15) is 6.10 Å². The van der Waals surface area contributed by atoms with Crippen molar-refractivity contribution in [1.29, 1.82) is 5.41 Å². The molecule has 170 valence electrons.